The van der Waals surface area contributed by atoms with Gasteiger partial charge in [-0.3, -0.25) is 4.79 Å². The van der Waals surface area contributed by atoms with Gasteiger partial charge in [0.15, 0.2) is 0 Å². The average molecular weight is 471 g/mol. The van der Waals surface area contributed by atoms with Crippen molar-refractivity contribution < 1.29 is 22.7 Å². The van der Waals surface area contributed by atoms with E-state index in [0.29, 0.717) is 23.9 Å². The van der Waals surface area contributed by atoms with Gasteiger partial charge in [-0.25, -0.2) is 8.42 Å². The summed E-state index contributed by atoms with van der Waals surface area (Å²) in [5, 5.41) is 0.660. The highest BCUT2D eigenvalue weighted by Gasteiger charge is 2.40. The molecule has 2 heterocycles. The van der Waals surface area contributed by atoms with E-state index in [4.69, 9.17) is 32.7 Å². The van der Waals surface area contributed by atoms with E-state index in [1.165, 1.54) is 16.4 Å². The lowest BCUT2D eigenvalue weighted by Gasteiger charge is -2.42. The maximum atomic E-state index is 12.9. The maximum Gasteiger partial charge on any atom is 0.253 e. The molecule has 160 valence electrons. The van der Waals surface area contributed by atoms with Gasteiger partial charge in [0.1, 0.15) is 22.9 Å². The number of carbonyl (C=O) groups is 1. The molecule has 7 nitrogen and oxygen atoms in total. The number of benzene rings is 2. The number of morpholine rings is 1. The van der Waals surface area contributed by atoms with Crippen molar-refractivity contribution in [2.45, 2.75) is 17.1 Å². The van der Waals surface area contributed by atoms with E-state index in [0.717, 1.165) is 0 Å². The molecule has 0 aromatic heterocycles. The second-order valence-electron chi connectivity index (χ2n) is 7.07. The van der Waals surface area contributed by atoms with Crippen molar-refractivity contribution in [1.82, 2.24) is 9.21 Å². The lowest BCUT2D eigenvalue weighted by Crippen LogP contribution is -2.61. The number of hydrogen-bond donors (Lipinski definition) is 0. The molecule has 30 heavy (non-hydrogen) atoms. The molecule has 10 heteroatoms. The molecular formula is C20H20Cl2N2O5S. The van der Waals surface area contributed by atoms with Gasteiger partial charge in [0.25, 0.3) is 5.91 Å². The minimum atomic E-state index is -3.82. The van der Waals surface area contributed by atoms with Crippen LogP contribution in [0.1, 0.15) is 0 Å². The lowest BCUT2D eigenvalue weighted by molar-refractivity contribution is -0.156. The van der Waals surface area contributed by atoms with Crippen LogP contribution >= 0.6 is 23.2 Å². The summed E-state index contributed by atoms with van der Waals surface area (Å²) in [6, 6.07) is 13.4. The summed E-state index contributed by atoms with van der Waals surface area (Å²) in [5.41, 5.74) is 0. The zero-order valence-electron chi connectivity index (χ0n) is 15.9. The van der Waals surface area contributed by atoms with Crippen LogP contribution in [0.15, 0.2) is 53.4 Å². The Labute approximate surface area is 185 Å². The number of sulfonamides is 1. The summed E-state index contributed by atoms with van der Waals surface area (Å²) in [5.74, 6) is 0.315. The van der Waals surface area contributed by atoms with Crippen molar-refractivity contribution in [2.24, 2.45) is 0 Å². The van der Waals surface area contributed by atoms with Gasteiger partial charge in [-0.2, -0.15) is 4.31 Å². The first-order chi connectivity index (χ1) is 14.4. The van der Waals surface area contributed by atoms with Gasteiger partial charge in [-0.1, -0.05) is 47.5 Å². The topological polar surface area (TPSA) is 76.2 Å². The van der Waals surface area contributed by atoms with Crippen LogP contribution in [-0.4, -0.2) is 68.5 Å². The van der Waals surface area contributed by atoms with Gasteiger partial charge in [0.2, 0.25) is 10.0 Å². The van der Waals surface area contributed by atoms with Crippen LogP contribution in [-0.2, 0) is 19.6 Å². The Bertz CT molecular complexity index is 1040. The molecule has 2 aliphatic heterocycles. The van der Waals surface area contributed by atoms with Crippen LogP contribution in [0.25, 0.3) is 0 Å². The maximum absolute atomic E-state index is 12.9. The normalized spacial score (nSPS) is 20.6. The molecule has 2 fully saturated rings. The van der Waals surface area contributed by atoms with Gasteiger partial charge in [0, 0.05) is 13.1 Å². The Balaban J connectivity index is 1.37. The van der Waals surface area contributed by atoms with E-state index in [9.17, 15) is 13.2 Å². The first kappa shape index (κ1) is 21.4. The van der Waals surface area contributed by atoms with Crippen LogP contribution in [0.4, 0.5) is 0 Å². The Morgan fingerprint density at radius 3 is 2.37 bits per heavy atom. The SMILES string of the molecule is O=C([C@@H]1CN(S(=O)(=O)c2ccccc2Cl)CCO1)N1CC(Oc2ccccc2Cl)C1. The van der Waals surface area contributed by atoms with Gasteiger partial charge in [0.05, 0.1) is 29.7 Å². The van der Waals surface area contributed by atoms with Crippen molar-refractivity contribution in [3.05, 3.63) is 58.6 Å². The van der Waals surface area contributed by atoms with E-state index in [-0.39, 0.29) is 41.6 Å². The Hall–Kier alpha value is -1.84. The van der Waals surface area contributed by atoms with E-state index >= 15 is 0 Å². The highest BCUT2D eigenvalue weighted by molar-refractivity contribution is 7.89. The molecule has 2 aromatic rings. The van der Waals surface area contributed by atoms with E-state index in [1.54, 1.807) is 29.2 Å². The minimum Gasteiger partial charge on any atom is -0.485 e. The number of halogens is 2. The second kappa shape index (κ2) is 8.72. The quantitative estimate of drug-likeness (QED) is 0.671. The smallest absolute Gasteiger partial charge is 0.253 e. The fourth-order valence-corrected chi connectivity index (χ4v) is 5.50. The van der Waals surface area contributed by atoms with E-state index in [2.05, 4.69) is 0 Å². The van der Waals surface area contributed by atoms with Crippen LogP contribution in [0, 0.1) is 0 Å². The third kappa shape index (κ3) is 4.29. The second-order valence-corrected chi connectivity index (χ2v) is 9.79. The molecule has 2 aliphatic rings. The van der Waals surface area contributed by atoms with Gasteiger partial charge < -0.3 is 14.4 Å². The minimum absolute atomic E-state index is 0.0249. The molecule has 0 spiro atoms. The Morgan fingerprint density at radius 2 is 1.67 bits per heavy atom. The number of carbonyl (C=O) groups excluding carboxylic acids is 1. The van der Waals surface area contributed by atoms with Crippen molar-refractivity contribution in [3.63, 3.8) is 0 Å². The number of amides is 1. The predicted molar refractivity (Wildman–Crippen MR) is 112 cm³/mol. The number of nitrogens with zero attached hydrogens (tertiary/aromatic N) is 2. The summed E-state index contributed by atoms with van der Waals surface area (Å²) in [4.78, 5) is 14.4. The van der Waals surface area contributed by atoms with Crippen molar-refractivity contribution in [3.8, 4) is 5.75 Å². The largest absolute Gasteiger partial charge is 0.485 e. The van der Waals surface area contributed by atoms with Crippen LogP contribution < -0.4 is 4.74 Å². The van der Waals surface area contributed by atoms with E-state index in [1.807, 2.05) is 12.1 Å². The molecule has 0 bridgehead atoms. The summed E-state index contributed by atoms with van der Waals surface area (Å²) < 4.78 is 38.5. The fourth-order valence-electron chi connectivity index (χ4n) is 3.40. The molecule has 2 saturated heterocycles. The van der Waals surface area contributed by atoms with Gasteiger partial charge in [-0.05, 0) is 24.3 Å². The number of likely N-dealkylation sites (tertiary alicyclic amines) is 1. The highest BCUT2D eigenvalue weighted by atomic mass is 35.5. The molecule has 0 radical (unpaired) electrons. The molecule has 1 amide bonds. The molecular weight excluding hydrogens is 451 g/mol. The monoisotopic (exact) mass is 470 g/mol. The fraction of sp³-hybridized carbons (Fsp3) is 0.350. The lowest BCUT2D eigenvalue weighted by atomic mass is 10.1. The summed E-state index contributed by atoms with van der Waals surface area (Å²) in [6.45, 7) is 1.02. The standard InChI is InChI=1S/C20H20Cl2N2O5S/c21-15-5-1-3-7-17(15)29-14-11-23(12-14)20(25)18-13-24(9-10-28-18)30(26,27)19-8-4-2-6-16(19)22/h1-8,14,18H,9-13H2/t18-/m0/s1. The molecule has 0 aliphatic carbocycles. The predicted octanol–water partition coefficient (Wildman–Crippen LogP) is 2.67. The van der Waals surface area contributed by atoms with Gasteiger partial charge in [-0.15, -0.1) is 0 Å². The molecule has 0 saturated carbocycles. The molecule has 0 N–H and O–H groups in total. The Kier molecular flexibility index (Phi) is 6.22. The zero-order chi connectivity index (χ0) is 21.3. The van der Waals surface area contributed by atoms with Crippen LogP contribution in [0.2, 0.25) is 10.0 Å². The summed E-state index contributed by atoms with van der Waals surface area (Å²) in [7, 11) is -3.82. The number of ether oxygens (including phenoxy) is 2. The zero-order valence-corrected chi connectivity index (χ0v) is 18.2. The first-order valence-electron chi connectivity index (χ1n) is 9.42. The summed E-state index contributed by atoms with van der Waals surface area (Å²) >= 11 is 12.2. The Morgan fingerprint density at radius 1 is 1.00 bits per heavy atom. The van der Waals surface area contributed by atoms with Gasteiger partial charge >= 0.3 is 0 Å². The van der Waals surface area contributed by atoms with Crippen molar-refractivity contribution >= 4 is 39.1 Å². The third-order valence-corrected chi connectivity index (χ3v) is 7.73. The van der Waals surface area contributed by atoms with Crippen LogP contribution in [0.3, 0.4) is 0 Å². The molecule has 1 atom stereocenters. The van der Waals surface area contributed by atoms with E-state index < -0.39 is 16.1 Å². The van der Waals surface area contributed by atoms with Crippen molar-refractivity contribution in [2.75, 3.05) is 32.8 Å². The number of rotatable bonds is 5. The molecule has 4 rings (SSSR count). The third-order valence-electron chi connectivity index (χ3n) is 5.05. The molecule has 2 aromatic carbocycles. The number of hydrogen-bond acceptors (Lipinski definition) is 5. The van der Waals surface area contributed by atoms with Crippen molar-refractivity contribution in [1.29, 1.82) is 0 Å². The summed E-state index contributed by atoms with van der Waals surface area (Å²) in [6.07, 6.45) is -1.03. The first-order valence-corrected chi connectivity index (χ1v) is 11.6. The number of para-hydroxylation sites is 1. The molecule has 0 unspecified atom stereocenters. The van der Waals surface area contributed by atoms with Crippen LogP contribution in [0.5, 0.6) is 5.75 Å². The average Bonchev–Trinajstić information content (AvgIpc) is 2.71. The highest BCUT2D eigenvalue weighted by Crippen LogP contribution is 2.28.